The van der Waals surface area contributed by atoms with Crippen molar-refractivity contribution in [3.05, 3.63) is 58.6 Å². The van der Waals surface area contributed by atoms with Crippen LogP contribution in [0.25, 0.3) is 0 Å². The number of aryl methyl sites for hydroxylation is 1. The third-order valence-corrected chi connectivity index (χ3v) is 3.33. The highest BCUT2D eigenvalue weighted by atomic mass is 79.9. The molecule has 2 aromatic rings. The van der Waals surface area contributed by atoms with Crippen molar-refractivity contribution in [3.63, 3.8) is 0 Å². The number of carbonyl (C=O) groups excluding carboxylic acids is 1. The zero-order valence-electron chi connectivity index (χ0n) is 11.3. The molecule has 0 aliphatic rings. The first-order valence-corrected chi connectivity index (χ1v) is 7.29. The van der Waals surface area contributed by atoms with Crippen LogP contribution in [-0.2, 0) is 4.79 Å². The second-order valence-corrected chi connectivity index (χ2v) is 5.52. The molecule has 0 fully saturated rings. The first-order valence-electron chi connectivity index (χ1n) is 6.49. The van der Waals surface area contributed by atoms with Gasteiger partial charge in [-0.05, 0) is 37.3 Å². The molecule has 1 amide bonds. The molecule has 4 heteroatoms. The van der Waals surface area contributed by atoms with Gasteiger partial charge < -0.3 is 10.6 Å². The van der Waals surface area contributed by atoms with Crippen LogP contribution in [0.1, 0.15) is 12.0 Å². The van der Waals surface area contributed by atoms with Crippen LogP contribution in [0.15, 0.2) is 53.0 Å². The largest absolute Gasteiger partial charge is 0.385 e. The molecule has 0 heterocycles. The fourth-order valence-electron chi connectivity index (χ4n) is 1.78. The summed E-state index contributed by atoms with van der Waals surface area (Å²) in [6.45, 7) is 2.66. The Morgan fingerprint density at radius 1 is 1.10 bits per heavy atom. The molecule has 2 aromatic carbocycles. The summed E-state index contributed by atoms with van der Waals surface area (Å²) in [7, 11) is 0. The van der Waals surface area contributed by atoms with Crippen molar-refractivity contribution in [1.29, 1.82) is 0 Å². The Bertz CT molecular complexity index is 581. The summed E-state index contributed by atoms with van der Waals surface area (Å²) in [5.74, 6) is 0.00251. The summed E-state index contributed by atoms with van der Waals surface area (Å²) >= 11 is 3.38. The normalized spacial score (nSPS) is 10.1. The minimum absolute atomic E-state index is 0.00251. The average molecular weight is 333 g/mol. The highest BCUT2D eigenvalue weighted by Gasteiger charge is 2.02. The number of nitrogens with one attached hydrogen (secondary N) is 2. The highest BCUT2D eigenvalue weighted by molar-refractivity contribution is 9.10. The predicted molar refractivity (Wildman–Crippen MR) is 87.1 cm³/mol. The summed E-state index contributed by atoms with van der Waals surface area (Å²) < 4.78 is 0.952. The average Bonchev–Trinajstić information content (AvgIpc) is 2.41. The number of halogens is 1. The van der Waals surface area contributed by atoms with E-state index in [2.05, 4.69) is 33.5 Å². The molecule has 0 spiro atoms. The molecule has 20 heavy (non-hydrogen) atoms. The fraction of sp³-hybridized carbons (Fsp3) is 0.188. The van der Waals surface area contributed by atoms with E-state index in [4.69, 9.17) is 0 Å². The van der Waals surface area contributed by atoms with E-state index in [1.807, 2.05) is 48.5 Å². The number of anilines is 2. The summed E-state index contributed by atoms with van der Waals surface area (Å²) in [5.41, 5.74) is 3.06. The number of hydrogen-bond donors (Lipinski definition) is 2. The highest BCUT2D eigenvalue weighted by Crippen LogP contribution is 2.15. The molecule has 0 unspecified atom stereocenters. The summed E-state index contributed by atoms with van der Waals surface area (Å²) in [6.07, 6.45) is 0.431. The van der Waals surface area contributed by atoms with Gasteiger partial charge in [-0.1, -0.05) is 39.7 Å². The molecular formula is C16H17BrN2O. The van der Waals surface area contributed by atoms with Crippen LogP contribution in [-0.4, -0.2) is 12.5 Å². The van der Waals surface area contributed by atoms with Crippen LogP contribution in [0.4, 0.5) is 11.4 Å². The lowest BCUT2D eigenvalue weighted by molar-refractivity contribution is -0.115. The van der Waals surface area contributed by atoms with Crippen LogP contribution < -0.4 is 10.6 Å². The third-order valence-electron chi connectivity index (χ3n) is 2.84. The maximum absolute atomic E-state index is 11.8. The van der Waals surface area contributed by atoms with Gasteiger partial charge in [0.2, 0.25) is 5.91 Å². The van der Waals surface area contributed by atoms with E-state index < -0.39 is 0 Å². The molecule has 3 nitrogen and oxygen atoms in total. The van der Waals surface area contributed by atoms with Crippen molar-refractivity contribution in [2.45, 2.75) is 13.3 Å². The molecule has 0 atom stereocenters. The molecule has 2 N–H and O–H groups in total. The number of benzene rings is 2. The first kappa shape index (κ1) is 14.6. The van der Waals surface area contributed by atoms with Gasteiger partial charge in [0, 0.05) is 28.8 Å². The van der Waals surface area contributed by atoms with Gasteiger partial charge in [-0.3, -0.25) is 4.79 Å². The molecule has 0 saturated heterocycles. The quantitative estimate of drug-likeness (QED) is 0.861. The minimum Gasteiger partial charge on any atom is -0.385 e. The Morgan fingerprint density at radius 3 is 2.55 bits per heavy atom. The Morgan fingerprint density at radius 2 is 1.85 bits per heavy atom. The Labute approximate surface area is 127 Å². The lowest BCUT2D eigenvalue weighted by Crippen LogP contribution is -2.16. The van der Waals surface area contributed by atoms with E-state index in [0.29, 0.717) is 13.0 Å². The van der Waals surface area contributed by atoms with E-state index >= 15 is 0 Å². The van der Waals surface area contributed by atoms with Crippen LogP contribution >= 0.6 is 15.9 Å². The molecule has 0 saturated carbocycles. The topological polar surface area (TPSA) is 41.1 Å². The van der Waals surface area contributed by atoms with E-state index in [9.17, 15) is 4.79 Å². The molecule has 0 bridgehead atoms. The van der Waals surface area contributed by atoms with Gasteiger partial charge in [0.05, 0.1) is 0 Å². The van der Waals surface area contributed by atoms with E-state index in [0.717, 1.165) is 15.8 Å². The predicted octanol–water partition coefficient (Wildman–Crippen LogP) is 4.20. The van der Waals surface area contributed by atoms with Crippen molar-refractivity contribution in [3.8, 4) is 0 Å². The first-order chi connectivity index (χ1) is 9.63. The van der Waals surface area contributed by atoms with Crippen LogP contribution in [0.2, 0.25) is 0 Å². The van der Waals surface area contributed by atoms with Gasteiger partial charge in [0.25, 0.3) is 0 Å². The molecule has 2 rings (SSSR count). The third kappa shape index (κ3) is 4.70. The number of rotatable bonds is 5. The lowest BCUT2D eigenvalue weighted by Gasteiger charge is -2.08. The number of amides is 1. The van der Waals surface area contributed by atoms with Crippen LogP contribution in [0, 0.1) is 6.92 Å². The fourth-order valence-corrected chi connectivity index (χ4v) is 2.18. The second-order valence-electron chi connectivity index (χ2n) is 4.60. The van der Waals surface area contributed by atoms with Gasteiger partial charge in [-0.2, -0.15) is 0 Å². The summed E-state index contributed by atoms with van der Waals surface area (Å²) in [4.78, 5) is 11.8. The minimum atomic E-state index is 0.00251. The zero-order chi connectivity index (χ0) is 14.4. The maximum Gasteiger partial charge on any atom is 0.226 e. The van der Waals surface area contributed by atoms with Crippen molar-refractivity contribution in [2.75, 3.05) is 17.2 Å². The second kappa shape index (κ2) is 7.10. The van der Waals surface area contributed by atoms with Crippen molar-refractivity contribution in [2.24, 2.45) is 0 Å². The number of hydrogen-bond acceptors (Lipinski definition) is 2. The molecule has 104 valence electrons. The zero-order valence-corrected chi connectivity index (χ0v) is 12.9. The Kier molecular flexibility index (Phi) is 5.18. The molecule has 0 radical (unpaired) electrons. The van der Waals surface area contributed by atoms with Crippen molar-refractivity contribution >= 4 is 33.2 Å². The van der Waals surface area contributed by atoms with E-state index in [1.165, 1.54) is 5.56 Å². The van der Waals surface area contributed by atoms with Gasteiger partial charge >= 0.3 is 0 Å². The smallest absolute Gasteiger partial charge is 0.226 e. The maximum atomic E-state index is 11.8. The summed E-state index contributed by atoms with van der Waals surface area (Å²) in [6, 6.07) is 15.7. The Balaban J connectivity index is 1.76. The Hall–Kier alpha value is -1.81. The molecule has 0 aliphatic carbocycles. The van der Waals surface area contributed by atoms with Gasteiger partial charge in [0.15, 0.2) is 0 Å². The van der Waals surface area contributed by atoms with E-state index in [1.54, 1.807) is 0 Å². The van der Waals surface area contributed by atoms with Gasteiger partial charge in [-0.15, -0.1) is 0 Å². The molecular weight excluding hydrogens is 316 g/mol. The monoisotopic (exact) mass is 332 g/mol. The molecule has 0 aliphatic heterocycles. The molecule has 0 aromatic heterocycles. The van der Waals surface area contributed by atoms with Gasteiger partial charge in [-0.25, -0.2) is 0 Å². The van der Waals surface area contributed by atoms with Gasteiger partial charge in [0.1, 0.15) is 0 Å². The number of carbonyl (C=O) groups is 1. The van der Waals surface area contributed by atoms with Crippen LogP contribution in [0.3, 0.4) is 0 Å². The van der Waals surface area contributed by atoms with E-state index in [-0.39, 0.29) is 5.91 Å². The van der Waals surface area contributed by atoms with Crippen molar-refractivity contribution in [1.82, 2.24) is 0 Å². The standard InChI is InChI=1S/C16H17BrN2O/c1-12-5-7-14(8-6-12)18-10-9-16(20)19-15-4-2-3-13(17)11-15/h2-8,11,18H,9-10H2,1H3,(H,19,20). The van der Waals surface area contributed by atoms with Crippen molar-refractivity contribution < 1.29 is 4.79 Å². The summed E-state index contributed by atoms with van der Waals surface area (Å²) in [5, 5.41) is 6.10. The lowest BCUT2D eigenvalue weighted by atomic mass is 10.2. The SMILES string of the molecule is Cc1ccc(NCCC(=O)Nc2cccc(Br)c2)cc1. The van der Waals surface area contributed by atoms with Crippen LogP contribution in [0.5, 0.6) is 0 Å².